The zero-order valence-corrected chi connectivity index (χ0v) is 11.7. The van der Waals surface area contributed by atoms with Gasteiger partial charge in [-0.2, -0.15) is 0 Å². The molecule has 0 spiro atoms. The average Bonchev–Trinajstić information content (AvgIpc) is 2.39. The Labute approximate surface area is 111 Å². The Morgan fingerprint density at radius 2 is 1.94 bits per heavy atom. The monoisotopic (exact) mass is 247 g/mol. The van der Waals surface area contributed by atoms with Gasteiger partial charge in [0.25, 0.3) is 0 Å². The van der Waals surface area contributed by atoms with Gasteiger partial charge in [-0.25, -0.2) is 0 Å². The Balaban J connectivity index is 2.55. The number of hydrogen-bond acceptors (Lipinski definition) is 1. The normalized spacial score (nSPS) is 13.4. The molecule has 0 amide bonds. The van der Waals surface area contributed by atoms with Crippen LogP contribution >= 0.6 is 0 Å². The fourth-order valence-corrected chi connectivity index (χ4v) is 1.68. The smallest absolute Gasteiger partial charge is 0.193 e. The predicted molar refractivity (Wildman–Crippen MR) is 80.2 cm³/mol. The lowest BCUT2D eigenvalue weighted by atomic mass is 9.99. The summed E-state index contributed by atoms with van der Waals surface area (Å²) in [7, 11) is 0. The van der Waals surface area contributed by atoms with Gasteiger partial charge in [-0.3, -0.25) is 4.99 Å². The summed E-state index contributed by atoms with van der Waals surface area (Å²) in [6.07, 6.45) is 3.38. The molecule has 3 heteroatoms. The molecule has 0 saturated carbocycles. The number of hydrogen-bond donors (Lipinski definition) is 2. The lowest BCUT2D eigenvalue weighted by Gasteiger charge is -2.10. The molecule has 0 fully saturated rings. The van der Waals surface area contributed by atoms with E-state index >= 15 is 0 Å². The highest BCUT2D eigenvalue weighted by atomic mass is 15.1. The Hall–Kier alpha value is -1.51. The Morgan fingerprint density at radius 1 is 1.28 bits per heavy atom. The van der Waals surface area contributed by atoms with E-state index in [0.29, 0.717) is 11.9 Å². The van der Waals surface area contributed by atoms with Gasteiger partial charge in [0.05, 0.1) is 0 Å². The molecule has 0 heterocycles. The zero-order valence-electron chi connectivity index (χ0n) is 11.7. The molecule has 18 heavy (non-hydrogen) atoms. The first-order chi connectivity index (χ1) is 8.67. The molecule has 1 atom stereocenters. The second-order valence-corrected chi connectivity index (χ2v) is 4.68. The van der Waals surface area contributed by atoms with Crippen molar-refractivity contribution in [3.8, 4) is 0 Å². The van der Waals surface area contributed by atoms with Crippen molar-refractivity contribution in [2.75, 3.05) is 11.9 Å². The number of nitrogens with two attached hydrogens (primary N) is 1. The molecule has 0 radical (unpaired) electrons. The molecule has 1 aromatic rings. The second kappa shape index (κ2) is 7.75. The quantitative estimate of drug-likeness (QED) is 0.457. The SMILES string of the molecule is CCCCN=C(N)Nc1ccc(C(C)CC)cc1. The van der Waals surface area contributed by atoms with E-state index in [1.54, 1.807) is 0 Å². The first-order valence-electron chi connectivity index (χ1n) is 6.84. The van der Waals surface area contributed by atoms with Gasteiger partial charge in [0.15, 0.2) is 5.96 Å². The van der Waals surface area contributed by atoms with Crippen molar-refractivity contribution >= 4 is 11.6 Å². The van der Waals surface area contributed by atoms with E-state index in [0.717, 1.165) is 31.5 Å². The van der Waals surface area contributed by atoms with E-state index in [4.69, 9.17) is 5.73 Å². The van der Waals surface area contributed by atoms with Crippen molar-refractivity contribution < 1.29 is 0 Å². The summed E-state index contributed by atoms with van der Waals surface area (Å²) >= 11 is 0. The van der Waals surface area contributed by atoms with Gasteiger partial charge in [-0.05, 0) is 36.5 Å². The Kier molecular flexibility index (Phi) is 6.26. The third kappa shape index (κ3) is 4.78. The summed E-state index contributed by atoms with van der Waals surface area (Å²) in [5.41, 5.74) is 8.17. The first kappa shape index (κ1) is 14.6. The summed E-state index contributed by atoms with van der Waals surface area (Å²) in [4.78, 5) is 4.27. The van der Waals surface area contributed by atoms with Crippen molar-refractivity contribution in [1.29, 1.82) is 0 Å². The maximum atomic E-state index is 5.81. The van der Waals surface area contributed by atoms with E-state index in [1.807, 2.05) is 0 Å². The van der Waals surface area contributed by atoms with Crippen LogP contribution in [0.25, 0.3) is 0 Å². The zero-order chi connectivity index (χ0) is 13.4. The number of benzene rings is 1. The van der Waals surface area contributed by atoms with Gasteiger partial charge in [0.2, 0.25) is 0 Å². The number of rotatable bonds is 6. The van der Waals surface area contributed by atoms with Crippen molar-refractivity contribution in [3.63, 3.8) is 0 Å². The van der Waals surface area contributed by atoms with Crippen LogP contribution in [0.2, 0.25) is 0 Å². The van der Waals surface area contributed by atoms with Gasteiger partial charge in [0.1, 0.15) is 0 Å². The van der Waals surface area contributed by atoms with Gasteiger partial charge in [-0.1, -0.05) is 39.3 Å². The van der Waals surface area contributed by atoms with Crippen molar-refractivity contribution in [2.45, 2.75) is 46.0 Å². The van der Waals surface area contributed by atoms with Crippen LogP contribution in [0.4, 0.5) is 5.69 Å². The highest BCUT2D eigenvalue weighted by molar-refractivity contribution is 5.92. The number of unbranched alkanes of at least 4 members (excludes halogenated alkanes) is 1. The van der Waals surface area contributed by atoms with Crippen LogP contribution in [0.1, 0.15) is 51.5 Å². The third-order valence-corrected chi connectivity index (χ3v) is 3.16. The average molecular weight is 247 g/mol. The third-order valence-electron chi connectivity index (χ3n) is 3.16. The van der Waals surface area contributed by atoms with E-state index < -0.39 is 0 Å². The minimum atomic E-state index is 0.500. The summed E-state index contributed by atoms with van der Waals surface area (Å²) in [6.45, 7) is 7.38. The predicted octanol–water partition coefficient (Wildman–Crippen LogP) is 3.73. The van der Waals surface area contributed by atoms with Gasteiger partial charge < -0.3 is 11.1 Å². The first-order valence-corrected chi connectivity index (χ1v) is 6.84. The van der Waals surface area contributed by atoms with E-state index in [-0.39, 0.29) is 0 Å². The molecular weight excluding hydrogens is 222 g/mol. The molecule has 1 aromatic carbocycles. The molecule has 0 bridgehead atoms. The van der Waals surface area contributed by atoms with Crippen LogP contribution < -0.4 is 11.1 Å². The van der Waals surface area contributed by atoms with Crippen LogP contribution in [0.5, 0.6) is 0 Å². The number of nitrogens with zero attached hydrogens (tertiary/aromatic N) is 1. The molecule has 0 aromatic heterocycles. The molecule has 0 aliphatic heterocycles. The van der Waals surface area contributed by atoms with E-state index in [1.165, 1.54) is 5.56 Å². The number of aliphatic imine (C=N–C) groups is 1. The molecule has 0 aliphatic rings. The Bertz CT molecular complexity index is 368. The van der Waals surface area contributed by atoms with Crippen molar-refractivity contribution in [1.82, 2.24) is 0 Å². The van der Waals surface area contributed by atoms with Crippen LogP contribution in [-0.2, 0) is 0 Å². The summed E-state index contributed by atoms with van der Waals surface area (Å²) in [6, 6.07) is 8.42. The lowest BCUT2D eigenvalue weighted by Crippen LogP contribution is -2.22. The molecule has 1 unspecified atom stereocenters. The van der Waals surface area contributed by atoms with Crippen LogP contribution in [-0.4, -0.2) is 12.5 Å². The number of guanidine groups is 1. The molecule has 100 valence electrons. The molecule has 1 rings (SSSR count). The Morgan fingerprint density at radius 3 is 2.50 bits per heavy atom. The van der Waals surface area contributed by atoms with Crippen LogP contribution in [0.3, 0.4) is 0 Å². The van der Waals surface area contributed by atoms with Crippen molar-refractivity contribution in [2.24, 2.45) is 10.7 Å². The van der Waals surface area contributed by atoms with Gasteiger partial charge >= 0.3 is 0 Å². The fourth-order valence-electron chi connectivity index (χ4n) is 1.68. The minimum absolute atomic E-state index is 0.500. The van der Waals surface area contributed by atoms with E-state index in [9.17, 15) is 0 Å². The van der Waals surface area contributed by atoms with Gasteiger partial charge in [0, 0.05) is 12.2 Å². The van der Waals surface area contributed by atoms with E-state index in [2.05, 4.69) is 55.3 Å². The van der Waals surface area contributed by atoms with Gasteiger partial charge in [-0.15, -0.1) is 0 Å². The highest BCUT2D eigenvalue weighted by Gasteiger charge is 2.02. The standard InChI is InChI=1S/C15H25N3/c1-4-6-11-17-15(16)18-14-9-7-13(8-10-14)12(3)5-2/h7-10,12H,4-6,11H2,1-3H3,(H3,16,17,18). The molecule has 0 saturated heterocycles. The maximum Gasteiger partial charge on any atom is 0.193 e. The van der Waals surface area contributed by atoms with Crippen molar-refractivity contribution in [3.05, 3.63) is 29.8 Å². The summed E-state index contributed by atoms with van der Waals surface area (Å²) < 4.78 is 0. The number of nitrogens with one attached hydrogen (secondary N) is 1. The lowest BCUT2D eigenvalue weighted by molar-refractivity contribution is 0.734. The van der Waals surface area contributed by atoms with Crippen LogP contribution in [0, 0.1) is 0 Å². The molecule has 3 nitrogen and oxygen atoms in total. The topological polar surface area (TPSA) is 50.4 Å². The summed E-state index contributed by atoms with van der Waals surface area (Å²) in [5.74, 6) is 1.11. The summed E-state index contributed by atoms with van der Waals surface area (Å²) in [5, 5.41) is 3.11. The molecular formula is C15H25N3. The van der Waals surface area contributed by atoms with Crippen LogP contribution in [0.15, 0.2) is 29.3 Å². The molecule has 3 N–H and O–H groups in total. The largest absolute Gasteiger partial charge is 0.370 e. The fraction of sp³-hybridized carbons (Fsp3) is 0.533. The number of anilines is 1. The highest BCUT2D eigenvalue weighted by Crippen LogP contribution is 2.20. The minimum Gasteiger partial charge on any atom is -0.370 e. The molecule has 0 aliphatic carbocycles. The maximum absolute atomic E-state index is 5.81. The second-order valence-electron chi connectivity index (χ2n) is 4.68.